The molecule has 1 amide bonds. The fourth-order valence-electron chi connectivity index (χ4n) is 5.22. The molecule has 0 spiro atoms. The van der Waals surface area contributed by atoms with Gasteiger partial charge in [0.25, 0.3) is 0 Å². The summed E-state index contributed by atoms with van der Waals surface area (Å²) < 4.78 is 34.3. The molecule has 5 rings (SSSR count). The normalized spacial score (nSPS) is 19.3. The number of piperidine rings is 1. The maximum absolute atomic E-state index is 13.8. The average molecular weight is 535 g/mol. The molecule has 3 heterocycles. The topological polar surface area (TPSA) is 87.0 Å². The number of aromatic nitrogens is 1. The number of hydrogen-bond acceptors (Lipinski definition) is 6. The number of hydrogen-bond donors (Lipinski definition) is 0. The van der Waals surface area contributed by atoms with Crippen molar-refractivity contribution in [2.75, 3.05) is 44.2 Å². The summed E-state index contributed by atoms with van der Waals surface area (Å²) in [5, 5.41) is 3.95. The number of para-hydroxylation sites is 1. The van der Waals surface area contributed by atoms with Gasteiger partial charge in [-0.15, -0.1) is 0 Å². The molecular weight excluding hydrogens is 500 g/mol. The van der Waals surface area contributed by atoms with E-state index in [1.165, 1.54) is 4.31 Å². The zero-order chi connectivity index (χ0) is 26.7. The van der Waals surface area contributed by atoms with Crippen molar-refractivity contribution in [3.8, 4) is 0 Å². The van der Waals surface area contributed by atoms with E-state index in [1.54, 1.807) is 13.0 Å². The largest absolute Gasteiger partial charge is 0.368 e. The summed E-state index contributed by atoms with van der Waals surface area (Å²) >= 11 is 0. The number of carbonyl (C=O) groups excluding carboxylic acids is 1. The van der Waals surface area contributed by atoms with Crippen molar-refractivity contribution in [2.24, 2.45) is 5.92 Å². The maximum atomic E-state index is 13.8. The molecule has 0 N–H and O–H groups in total. The summed E-state index contributed by atoms with van der Waals surface area (Å²) in [5.41, 5.74) is 3.56. The Bertz CT molecular complexity index is 1390. The zero-order valence-electron chi connectivity index (χ0n) is 21.9. The van der Waals surface area contributed by atoms with Gasteiger partial charge in [0.15, 0.2) is 10.7 Å². The zero-order valence-corrected chi connectivity index (χ0v) is 22.7. The summed E-state index contributed by atoms with van der Waals surface area (Å²) in [5.74, 6) is -0.110. The molecule has 38 heavy (non-hydrogen) atoms. The van der Waals surface area contributed by atoms with E-state index in [0.29, 0.717) is 38.2 Å². The summed E-state index contributed by atoms with van der Waals surface area (Å²) in [6, 6.07) is 18.1. The number of amides is 1. The first-order chi connectivity index (χ1) is 18.3. The Kier molecular flexibility index (Phi) is 7.67. The Morgan fingerprint density at radius 3 is 2.37 bits per heavy atom. The van der Waals surface area contributed by atoms with Crippen molar-refractivity contribution in [1.82, 2.24) is 14.4 Å². The monoisotopic (exact) mass is 534 g/mol. The van der Waals surface area contributed by atoms with Gasteiger partial charge in [-0.05, 0) is 50.5 Å². The van der Waals surface area contributed by atoms with Crippen LogP contribution in [-0.2, 0) is 14.8 Å². The molecular formula is C29H34N4O4S. The molecule has 0 unspecified atom stereocenters. The fraction of sp³-hybridized carbons (Fsp3) is 0.379. The van der Waals surface area contributed by atoms with Crippen LogP contribution in [0, 0.1) is 19.8 Å². The van der Waals surface area contributed by atoms with Crippen molar-refractivity contribution in [2.45, 2.75) is 31.6 Å². The van der Waals surface area contributed by atoms with Crippen molar-refractivity contribution in [3.05, 3.63) is 77.2 Å². The lowest BCUT2D eigenvalue weighted by atomic mass is 9.97. The van der Waals surface area contributed by atoms with Crippen LogP contribution in [0.5, 0.6) is 0 Å². The number of sulfonamides is 1. The minimum Gasteiger partial charge on any atom is -0.368 e. The first-order valence-electron chi connectivity index (χ1n) is 13.1. The second-order valence-corrected chi connectivity index (χ2v) is 11.9. The Morgan fingerprint density at radius 2 is 1.66 bits per heavy atom. The third kappa shape index (κ3) is 5.54. The van der Waals surface area contributed by atoms with Crippen LogP contribution in [0.4, 0.5) is 5.69 Å². The number of anilines is 1. The van der Waals surface area contributed by atoms with Crippen LogP contribution in [0.2, 0.25) is 0 Å². The van der Waals surface area contributed by atoms with Gasteiger partial charge in [-0.2, -0.15) is 4.31 Å². The third-order valence-corrected chi connectivity index (χ3v) is 9.41. The molecule has 8 nitrogen and oxygen atoms in total. The lowest BCUT2D eigenvalue weighted by Gasteiger charge is -2.39. The minimum atomic E-state index is -3.89. The molecule has 2 saturated heterocycles. The molecule has 0 bridgehead atoms. The number of carbonyl (C=O) groups is 1. The van der Waals surface area contributed by atoms with Gasteiger partial charge in [0, 0.05) is 45.0 Å². The number of rotatable bonds is 6. The quantitative estimate of drug-likeness (QED) is 0.471. The Hall–Kier alpha value is -3.43. The fourth-order valence-corrected chi connectivity index (χ4v) is 7.00. The average Bonchev–Trinajstić information content (AvgIpc) is 3.34. The van der Waals surface area contributed by atoms with E-state index < -0.39 is 10.0 Å². The smallest absolute Gasteiger partial charge is 0.248 e. The molecule has 0 aliphatic carbocycles. The van der Waals surface area contributed by atoms with Crippen molar-refractivity contribution in [1.29, 1.82) is 0 Å². The standard InChI is InChI=1S/C29H34N4O4S/c1-22-10-12-24(13-11-22)14-15-27-28(23(2)30-37-27)38(35,36)33-16-6-7-25(21-33)29(34)32-19-17-31(18-20-32)26-8-4-3-5-9-26/h3-5,8-15,25H,6-7,16-21H2,1-2H3/b15-14+/t25-/m1/s1. The number of piperazine rings is 1. The van der Waals surface area contributed by atoms with E-state index in [9.17, 15) is 13.2 Å². The Morgan fingerprint density at radius 1 is 0.947 bits per heavy atom. The molecule has 9 heteroatoms. The predicted molar refractivity (Wildman–Crippen MR) is 148 cm³/mol. The van der Waals surface area contributed by atoms with Gasteiger partial charge in [0.05, 0.1) is 5.92 Å². The summed E-state index contributed by atoms with van der Waals surface area (Å²) in [4.78, 5) is 17.7. The first kappa shape index (κ1) is 26.2. The van der Waals surface area contributed by atoms with E-state index >= 15 is 0 Å². The van der Waals surface area contributed by atoms with Crippen LogP contribution >= 0.6 is 0 Å². The molecule has 0 saturated carbocycles. The highest BCUT2D eigenvalue weighted by molar-refractivity contribution is 7.89. The number of aryl methyl sites for hydroxylation is 2. The maximum Gasteiger partial charge on any atom is 0.248 e. The molecule has 0 radical (unpaired) electrons. The van der Waals surface area contributed by atoms with Crippen molar-refractivity contribution < 1.29 is 17.7 Å². The van der Waals surface area contributed by atoms with Crippen LogP contribution in [0.1, 0.15) is 35.4 Å². The molecule has 2 aliphatic heterocycles. The Balaban J connectivity index is 1.27. The van der Waals surface area contributed by atoms with Gasteiger partial charge in [-0.25, -0.2) is 8.42 Å². The second kappa shape index (κ2) is 11.1. The third-order valence-electron chi connectivity index (χ3n) is 7.38. The van der Waals surface area contributed by atoms with Crippen LogP contribution in [0.15, 0.2) is 64.0 Å². The van der Waals surface area contributed by atoms with Crippen LogP contribution in [0.3, 0.4) is 0 Å². The lowest BCUT2D eigenvalue weighted by Crippen LogP contribution is -2.53. The minimum absolute atomic E-state index is 0.0409. The SMILES string of the molecule is Cc1ccc(/C=C/c2onc(C)c2S(=O)(=O)N2CCC[C@@H](C(=O)N3CCN(c4ccccc4)CC3)C2)cc1. The van der Waals surface area contributed by atoms with Crippen molar-refractivity contribution >= 4 is 33.8 Å². The predicted octanol–water partition coefficient (Wildman–Crippen LogP) is 4.21. The summed E-state index contributed by atoms with van der Waals surface area (Å²) in [7, 11) is -3.89. The highest BCUT2D eigenvalue weighted by Crippen LogP contribution is 2.30. The van der Waals surface area contributed by atoms with Gasteiger partial charge in [-0.3, -0.25) is 4.79 Å². The van der Waals surface area contributed by atoms with E-state index in [2.05, 4.69) is 22.2 Å². The van der Waals surface area contributed by atoms with Gasteiger partial charge in [0.1, 0.15) is 5.69 Å². The number of nitrogens with zero attached hydrogens (tertiary/aromatic N) is 4. The Labute approximate surface area is 224 Å². The molecule has 2 aliphatic rings. The van der Waals surface area contributed by atoms with Gasteiger partial charge in [-0.1, -0.05) is 59.3 Å². The molecule has 3 aromatic rings. The van der Waals surface area contributed by atoms with E-state index in [0.717, 1.165) is 29.9 Å². The molecule has 2 aromatic carbocycles. The lowest BCUT2D eigenvalue weighted by molar-refractivity contribution is -0.137. The van der Waals surface area contributed by atoms with Crippen LogP contribution in [0.25, 0.3) is 12.2 Å². The summed E-state index contributed by atoms with van der Waals surface area (Å²) in [6.45, 7) is 7.00. The highest BCUT2D eigenvalue weighted by Gasteiger charge is 2.38. The second-order valence-electron chi connectivity index (χ2n) is 10.1. The van der Waals surface area contributed by atoms with Gasteiger partial charge in [0.2, 0.25) is 15.9 Å². The van der Waals surface area contributed by atoms with Crippen LogP contribution in [-0.4, -0.2) is 68.0 Å². The number of benzene rings is 2. The van der Waals surface area contributed by atoms with Gasteiger partial charge < -0.3 is 14.3 Å². The van der Waals surface area contributed by atoms with E-state index in [1.807, 2.05) is 60.4 Å². The molecule has 2 fully saturated rings. The van der Waals surface area contributed by atoms with E-state index in [-0.39, 0.29) is 29.0 Å². The van der Waals surface area contributed by atoms with E-state index in [4.69, 9.17) is 4.52 Å². The summed E-state index contributed by atoms with van der Waals surface area (Å²) in [6.07, 6.45) is 4.79. The van der Waals surface area contributed by atoms with Crippen LogP contribution < -0.4 is 4.90 Å². The highest BCUT2D eigenvalue weighted by atomic mass is 32.2. The molecule has 1 atom stereocenters. The molecule has 1 aromatic heterocycles. The first-order valence-corrected chi connectivity index (χ1v) is 14.6. The molecule has 200 valence electrons. The van der Waals surface area contributed by atoms with Gasteiger partial charge >= 0.3 is 0 Å². The van der Waals surface area contributed by atoms with Crippen molar-refractivity contribution in [3.63, 3.8) is 0 Å².